The third-order valence-corrected chi connectivity index (χ3v) is 5.31. The summed E-state index contributed by atoms with van der Waals surface area (Å²) in [6.07, 6.45) is 1.33. The Labute approximate surface area is 204 Å². The van der Waals surface area contributed by atoms with Gasteiger partial charge in [0.1, 0.15) is 5.75 Å². The number of anilines is 1. The van der Waals surface area contributed by atoms with Crippen LogP contribution in [0.4, 0.5) is 19.1 Å². The van der Waals surface area contributed by atoms with Gasteiger partial charge in [-0.05, 0) is 24.6 Å². The van der Waals surface area contributed by atoms with Crippen molar-refractivity contribution in [2.45, 2.75) is 19.5 Å². The van der Waals surface area contributed by atoms with E-state index in [1.165, 1.54) is 0 Å². The fraction of sp³-hybridized carbons (Fsp3) is 0.348. The number of carbonyl (C=O) groups is 2. The van der Waals surface area contributed by atoms with Crippen molar-refractivity contribution in [2.75, 3.05) is 38.2 Å². The van der Waals surface area contributed by atoms with Crippen molar-refractivity contribution in [3.05, 3.63) is 48.9 Å². The number of aliphatic carboxylic acids is 1. The molecule has 1 aromatic carbocycles. The summed E-state index contributed by atoms with van der Waals surface area (Å²) in [4.78, 5) is 33.8. The smallest absolute Gasteiger partial charge is 0.490 e. The van der Waals surface area contributed by atoms with Gasteiger partial charge in [-0.1, -0.05) is 6.07 Å². The summed E-state index contributed by atoms with van der Waals surface area (Å²) in [5.74, 6) is -1.18. The molecule has 3 aromatic rings. The molecule has 36 heavy (non-hydrogen) atoms. The number of amides is 1. The predicted octanol–water partition coefficient (Wildman–Crippen LogP) is 3.03. The van der Waals surface area contributed by atoms with E-state index in [-0.39, 0.29) is 5.91 Å². The van der Waals surface area contributed by atoms with Gasteiger partial charge in [-0.3, -0.25) is 4.79 Å². The van der Waals surface area contributed by atoms with Gasteiger partial charge in [0.2, 0.25) is 11.9 Å². The molecule has 0 saturated carbocycles. The van der Waals surface area contributed by atoms with Crippen molar-refractivity contribution in [3.63, 3.8) is 0 Å². The SMILES string of the molecule is COc1cccc(-n2cc(-c3ccnc(N4CCCN(C(C)=O)CC4)n3)cn2)c1.O=C(O)C(F)(F)F. The molecule has 1 amide bonds. The number of rotatable bonds is 4. The average Bonchev–Trinajstić information content (AvgIpc) is 3.21. The Morgan fingerprint density at radius 1 is 1.11 bits per heavy atom. The number of ether oxygens (including phenoxy) is 1. The Morgan fingerprint density at radius 3 is 2.53 bits per heavy atom. The molecule has 1 fully saturated rings. The van der Waals surface area contributed by atoms with Gasteiger partial charge in [-0.2, -0.15) is 18.3 Å². The molecule has 2 aromatic heterocycles. The van der Waals surface area contributed by atoms with E-state index in [4.69, 9.17) is 19.6 Å². The fourth-order valence-corrected chi connectivity index (χ4v) is 3.44. The second kappa shape index (κ2) is 11.5. The topological polar surface area (TPSA) is 114 Å². The summed E-state index contributed by atoms with van der Waals surface area (Å²) in [6, 6.07) is 9.63. The van der Waals surface area contributed by atoms with Crippen LogP contribution < -0.4 is 9.64 Å². The third kappa shape index (κ3) is 6.93. The molecule has 10 nitrogen and oxygen atoms in total. The largest absolute Gasteiger partial charge is 0.497 e. The average molecular weight is 506 g/mol. The van der Waals surface area contributed by atoms with E-state index in [2.05, 4.69) is 15.0 Å². The predicted molar refractivity (Wildman–Crippen MR) is 124 cm³/mol. The number of carboxylic acids is 1. The molecule has 1 N–H and O–H groups in total. The van der Waals surface area contributed by atoms with Crippen molar-refractivity contribution < 1.29 is 32.6 Å². The summed E-state index contributed by atoms with van der Waals surface area (Å²) >= 11 is 0. The van der Waals surface area contributed by atoms with E-state index >= 15 is 0 Å². The minimum atomic E-state index is -5.08. The first-order chi connectivity index (χ1) is 17.1. The van der Waals surface area contributed by atoms with Gasteiger partial charge in [-0.15, -0.1) is 0 Å². The van der Waals surface area contributed by atoms with Crippen LogP contribution in [0.15, 0.2) is 48.9 Å². The van der Waals surface area contributed by atoms with E-state index in [1.54, 1.807) is 31.1 Å². The zero-order valence-corrected chi connectivity index (χ0v) is 19.6. The van der Waals surface area contributed by atoms with Gasteiger partial charge < -0.3 is 19.6 Å². The van der Waals surface area contributed by atoms with Crippen LogP contribution in [0.1, 0.15) is 13.3 Å². The van der Waals surface area contributed by atoms with E-state index in [9.17, 15) is 18.0 Å². The molecule has 1 aliphatic heterocycles. The molecule has 192 valence electrons. The molecule has 1 aliphatic rings. The molecule has 0 radical (unpaired) electrons. The lowest BCUT2D eigenvalue weighted by Crippen LogP contribution is -2.34. The molecular weight excluding hydrogens is 481 g/mol. The maximum Gasteiger partial charge on any atom is 0.490 e. The van der Waals surface area contributed by atoms with Gasteiger partial charge in [-0.25, -0.2) is 19.4 Å². The van der Waals surface area contributed by atoms with Crippen molar-refractivity contribution in [2.24, 2.45) is 0 Å². The Morgan fingerprint density at radius 2 is 1.86 bits per heavy atom. The quantitative estimate of drug-likeness (QED) is 0.575. The number of hydrogen-bond acceptors (Lipinski definition) is 7. The summed E-state index contributed by atoms with van der Waals surface area (Å²) in [6.45, 7) is 4.64. The first-order valence-corrected chi connectivity index (χ1v) is 10.9. The zero-order chi connectivity index (χ0) is 26.3. The third-order valence-electron chi connectivity index (χ3n) is 5.31. The lowest BCUT2D eigenvalue weighted by atomic mass is 10.2. The second-order valence-corrected chi connectivity index (χ2v) is 7.77. The van der Waals surface area contributed by atoms with Crippen molar-refractivity contribution in [3.8, 4) is 22.7 Å². The molecule has 4 rings (SSSR count). The molecule has 0 bridgehead atoms. The van der Waals surface area contributed by atoms with Gasteiger partial charge >= 0.3 is 12.1 Å². The van der Waals surface area contributed by atoms with E-state index in [0.717, 1.165) is 48.7 Å². The Kier molecular flexibility index (Phi) is 8.46. The number of alkyl halides is 3. The minimum Gasteiger partial charge on any atom is -0.497 e. The number of nitrogens with zero attached hydrogens (tertiary/aromatic N) is 6. The highest BCUT2D eigenvalue weighted by atomic mass is 19.4. The highest BCUT2D eigenvalue weighted by Crippen LogP contribution is 2.22. The summed E-state index contributed by atoms with van der Waals surface area (Å²) < 4.78 is 38.8. The maximum atomic E-state index is 11.7. The van der Waals surface area contributed by atoms with Gasteiger partial charge in [0.25, 0.3) is 0 Å². The number of benzene rings is 1. The number of methoxy groups -OCH3 is 1. The molecule has 0 spiro atoms. The van der Waals surface area contributed by atoms with Crippen LogP contribution in [0, 0.1) is 0 Å². The standard InChI is InChI=1S/C21H24N6O2.C2HF3O2/c1-16(28)25-9-4-10-26(12-11-25)21-22-8-7-20(24-21)17-14-23-27(15-17)18-5-3-6-19(13-18)29-2;3-2(4,5)1(6)7/h3,5-8,13-15H,4,9-12H2,1-2H3;(H,6,7). The number of aromatic nitrogens is 4. The highest BCUT2D eigenvalue weighted by Gasteiger charge is 2.38. The molecule has 0 atom stereocenters. The van der Waals surface area contributed by atoms with Gasteiger partial charge in [0.15, 0.2) is 0 Å². The molecule has 0 unspecified atom stereocenters. The van der Waals surface area contributed by atoms with Gasteiger partial charge in [0.05, 0.1) is 24.7 Å². The van der Waals surface area contributed by atoms with Crippen LogP contribution in [0.2, 0.25) is 0 Å². The minimum absolute atomic E-state index is 0.117. The second-order valence-electron chi connectivity index (χ2n) is 7.77. The number of halogens is 3. The number of carbonyl (C=O) groups excluding carboxylic acids is 1. The summed E-state index contributed by atoms with van der Waals surface area (Å²) in [5.41, 5.74) is 2.65. The van der Waals surface area contributed by atoms with Crippen LogP contribution in [-0.2, 0) is 9.59 Å². The lowest BCUT2D eigenvalue weighted by molar-refractivity contribution is -0.192. The van der Waals surface area contributed by atoms with Crippen LogP contribution >= 0.6 is 0 Å². The maximum absolute atomic E-state index is 11.7. The van der Waals surface area contributed by atoms with Crippen LogP contribution in [0.25, 0.3) is 16.9 Å². The van der Waals surface area contributed by atoms with E-state index < -0.39 is 12.1 Å². The summed E-state index contributed by atoms with van der Waals surface area (Å²) in [7, 11) is 1.65. The normalized spacial score (nSPS) is 13.9. The molecule has 13 heteroatoms. The van der Waals surface area contributed by atoms with Crippen LogP contribution in [-0.4, -0.2) is 81.1 Å². The first kappa shape index (κ1) is 26.4. The molecule has 0 aliphatic carbocycles. The van der Waals surface area contributed by atoms with E-state index in [0.29, 0.717) is 12.5 Å². The lowest BCUT2D eigenvalue weighted by Gasteiger charge is -2.21. The number of carboxylic acid groups (broad SMARTS) is 1. The monoisotopic (exact) mass is 506 g/mol. The zero-order valence-electron chi connectivity index (χ0n) is 19.6. The van der Waals surface area contributed by atoms with Crippen molar-refractivity contribution >= 4 is 17.8 Å². The highest BCUT2D eigenvalue weighted by molar-refractivity contribution is 5.73. The molecular formula is C23H25F3N6O4. The Bertz CT molecular complexity index is 1200. The first-order valence-electron chi connectivity index (χ1n) is 10.9. The van der Waals surface area contributed by atoms with Crippen LogP contribution in [0.5, 0.6) is 5.75 Å². The van der Waals surface area contributed by atoms with Gasteiger partial charge in [0, 0.05) is 57.1 Å². The molecule has 1 saturated heterocycles. The Balaban J connectivity index is 0.000000454. The molecule has 3 heterocycles. The van der Waals surface area contributed by atoms with Crippen LogP contribution in [0.3, 0.4) is 0 Å². The van der Waals surface area contributed by atoms with E-state index in [1.807, 2.05) is 41.4 Å². The van der Waals surface area contributed by atoms with Crippen molar-refractivity contribution in [1.29, 1.82) is 0 Å². The number of hydrogen-bond donors (Lipinski definition) is 1. The fourth-order valence-electron chi connectivity index (χ4n) is 3.44. The Hall–Kier alpha value is -4.16. The van der Waals surface area contributed by atoms with Crippen molar-refractivity contribution in [1.82, 2.24) is 24.6 Å². The summed E-state index contributed by atoms with van der Waals surface area (Å²) in [5, 5.41) is 11.6.